The lowest BCUT2D eigenvalue weighted by molar-refractivity contribution is 0.856. The van der Waals surface area contributed by atoms with Crippen LogP contribution in [-0.2, 0) is 0 Å². The van der Waals surface area contributed by atoms with Crippen LogP contribution in [0.25, 0.3) is 172 Å². The fourth-order valence-electron chi connectivity index (χ4n) is 15.0. The molecular formula is C78H46N2S2. The summed E-state index contributed by atoms with van der Waals surface area (Å²) in [6, 6.07) is 89.8. The summed E-state index contributed by atoms with van der Waals surface area (Å²) in [5.41, 5.74) is 21.2. The fraction of sp³-hybridized carbons (Fsp3) is 0.0256. The van der Waals surface area contributed by atoms with Crippen molar-refractivity contribution >= 4 is 139 Å². The standard InChI is InChI=1S/C78H46N2S2/c1-5-19-45(20-6-1)49-29-17-30-50(46-21-7-2-8-22-46)69(49)55-35-37-57-73-61(39-41-67-75(73)53-27-13-15-33-65(53)81-67)79-63-44-60-64(43-59(63)71(55)77(57)79)80-62-40-42-68-76(54-28-14-16-34-66(54)82-68)74(62)58-38-36-56(72(60)78(58)80)70-51(47-23-9-3-10-24-47)31-18-32-52(70)48-25-11-4-12-26-48/h1-25,27-44,48H,26H2. The van der Waals surface area contributed by atoms with Gasteiger partial charge in [0.25, 0.3) is 0 Å². The van der Waals surface area contributed by atoms with Crippen molar-refractivity contribution in [1.29, 1.82) is 0 Å². The molecule has 0 fully saturated rings. The molecule has 1 unspecified atom stereocenters. The van der Waals surface area contributed by atoms with Gasteiger partial charge >= 0.3 is 0 Å². The van der Waals surface area contributed by atoms with Crippen molar-refractivity contribution in [3.05, 3.63) is 266 Å². The van der Waals surface area contributed by atoms with Crippen LogP contribution in [0.2, 0.25) is 0 Å². The van der Waals surface area contributed by atoms with Crippen LogP contribution >= 0.6 is 22.7 Å². The molecule has 0 aliphatic heterocycles. The lowest BCUT2D eigenvalue weighted by Gasteiger charge is -2.22. The second-order valence-corrected chi connectivity index (χ2v) is 24.6. The van der Waals surface area contributed by atoms with E-state index >= 15 is 0 Å². The molecule has 1 aliphatic carbocycles. The molecule has 0 amide bonds. The summed E-state index contributed by atoms with van der Waals surface area (Å²) in [5, 5.41) is 15.7. The average molecular weight is 1080 g/mol. The van der Waals surface area contributed by atoms with Crippen molar-refractivity contribution in [2.24, 2.45) is 0 Å². The van der Waals surface area contributed by atoms with E-state index in [4.69, 9.17) is 0 Å². The maximum absolute atomic E-state index is 2.67. The second-order valence-electron chi connectivity index (χ2n) is 22.4. The normalized spacial score (nSPS) is 14.1. The molecule has 1 aliphatic rings. The number of aromatic nitrogens is 2. The van der Waals surface area contributed by atoms with E-state index in [2.05, 4.69) is 270 Å². The molecule has 18 aromatic rings. The van der Waals surface area contributed by atoms with Gasteiger partial charge in [0.1, 0.15) is 0 Å². The van der Waals surface area contributed by atoms with Crippen molar-refractivity contribution in [3.8, 4) is 55.6 Å². The zero-order chi connectivity index (χ0) is 53.3. The molecule has 19 rings (SSSR count). The van der Waals surface area contributed by atoms with Gasteiger partial charge in [0.05, 0.1) is 33.1 Å². The Morgan fingerprint density at radius 3 is 1.27 bits per heavy atom. The first kappa shape index (κ1) is 45.0. The highest BCUT2D eigenvalue weighted by atomic mass is 32.1. The van der Waals surface area contributed by atoms with Gasteiger partial charge in [-0.1, -0.05) is 212 Å². The molecule has 4 heteroatoms. The third-order valence-electron chi connectivity index (χ3n) is 18.3. The highest BCUT2D eigenvalue weighted by molar-refractivity contribution is 7.26. The first-order chi connectivity index (χ1) is 40.7. The Bertz CT molecular complexity index is 5710. The summed E-state index contributed by atoms with van der Waals surface area (Å²) in [6.45, 7) is 0. The molecule has 12 aromatic carbocycles. The first-order valence-electron chi connectivity index (χ1n) is 28.5. The van der Waals surface area contributed by atoms with Gasteiger partial charge in [-0.05, 0) is 116 Å². The van der Waals surface area contributed by atoms with Gasteiger partial charge in [0, 0.05) is 89.4 Å². The van der Waals surface area contributed by atoms with E-state index in [1.807, 2.05) is 22.7 Å². The van der Waals surface area contributed by atoms with Gasteiger partial charge in [-0.15, -0.1) is 22.7 Å². The van der Waals surface area contributed by atoms with Crippen LogP contribution in [0.4, 0.5) is 0 Å². The van der Waals surface area contributed by atoms with Crippen LogP contribution < -0.4 is 0 Å². The van der Waals surface area contributed by atoms with E-state index in [1.165, 1.54) is 178 Å². The van der Waals surface area contributed by atoms with E-state index in [0.717, 1.165) is 6.42 Å². The lowest BCUT2D eigenvalue weighted by Crippen LogP contribution is -2.01. The Morgan fingerprint density at radius 2 is 0.768 bits per heavy atom. The fourth-order valence-corrected chi connectivity index (χ4v) is 17.3. The molecule has 0 saturated heterocycles. The van der Waals surface area contributed by atoms with E-state index in [1.54, 1.807) is 0 Å². The summed E-state index contributed by atoms with van der Waals surface area (Å²) in [6.07, 6.45) is 10.1. The van der Waals surface area contributed by atoms with Crippen molar-refractivity contribution in [3.63, 3.8) is 0 Å². The van der Waals surface area contributed by atoms with Gasteiger partial charge < -0.3 is 8.80 Å². The van der Waals surface area contributed by atoms with Crippen molar-refractivity contribution < 1.29 is 0 Å². The quantitative estimate of drug-likeness (QED) is 0.157. The van der Waals surface area contributed by atoms with E-state index in [-0.39, 0.29) is 5.92 Å². The average Bonchev–Trinajstić information content (AvgIpc) is 2.24. The summed E-state index contributed by atoms with van der Waals surface area (Å²) in [5.74, 6) is 0.229. The first-order valence-corrected chi connectivity index (χ1v) is 30.2. The zero-order valence-corrected chi connectivity index (χ0v) is 46.0. The zero-order valence-electron chi connectivity index (χ0n) is 44.3. The predicted octanol–water partition coefficient (Wildman–Crippen LogP) is 22.7. The van der Waals surface area contributed by atoms with E-state index in [0.29, 0.717) is 0 Å². The van der Waals surface area contributed by atoms with Crippen molar-refractivity contribution in [2.45, 2.75) is 12.3 Å². The van der Waals surface area contributed by atoms with Gasteiger partial charge in [-0.3, -0.25) is 0 Å². The Morgan fingerprint density at radius 1 is 0.305 bits per heavy atom. The molecule has 0 saturated carbocycles. The maximum atomic E-state index is 2.67. The van der Waals surface area contributed by atoms with Crippen LogP contribution in [0.3, 0.4) is 0 Å². The van der Waals surface area contributed by atoms with Crippen LogP contribution in [0.1, 0.15) is 17.9 Å². The molecule has 380 valence electrons. The number of hydrogen-bond acceptors (Lipinski definition) is 2. The number of benzene rings is 12. The van der Waals surface area contributed by atoms with E-state index < -0.39 is 0 Å². The predicted molar refractivity (Wildman–Crippen MR) is 354 cm³/mol. The highest BCUT2D eigenvalue weighted by Gasteiger charge is 2.30. The van der Waals surface area contributed by atoms with Crippen LogP contribution in [0.5, 0.6) is 0 Å². The molecule has 6 heterocycles. The molecule has 2 nitrogen and oxygen atoms in total. The number of rotatable bonds is 6. The lowest BCUT2D eigenvalue weighted by atomic mass is 9.81. The van der Waals surface area contributed by atoms with Gasteiger partial charge in [-0.2, -0.15) is 0 Å². The van der Waals surface area contributed by atoms with E-state index in [9.17, 15) is 0 Å². The number of nitrogens with zero attached hydrogens (tertiary/aromatic N) is 2. The third-order valence-corrected chi connectivity index (χ3v) is 20.6. The number of thiophene rings is 2. The second kappa shape index (κ2) is 16.9. The Labute approximate surface area is 479 Å². The van der Waals surface area contributed by atoms with Crippen LogP contribution in [0, 0.1) is 0 Å². The largest absolute Gasteiger partial charge is 0.308 e. The summed E-state index contributed by atoms with van der Waals surface area (Å²) in [4.78, 5) is 0. The Hall–Kier alpha value is -9.84. The van der Waals surface area contributed by atoms with Crippen LogP contribution in [0.15, 0.2) is 261 Å². The smallest absolute Gasteiger partial charge is 0.0627 e. The Kier molecular flexibility index (Phi) is 9.24. The van der Waals surface area contributed by atoms with Crippen LogP contribution in [-0.4, -0.2) is 8.80 Å². The molecule has 0 spiro atoms. The number of allylic oxidation sites excluding steroid dienone is 4. The summed E-state index contributed by atoms with van der Waals surface area (Å²) in [7, 11) is 0. The third kappa shape index (κ3) is 6.02. The summed E-state index contributed by atoms with van der Waals surface area (Å²) < 4.78 is 10.6. The molecule has 0 N–H and O–H groups in total. The SMILES string of the molecule is C1=CCC(c2cccc(-c3ccccc3)c2-c2ccc3c4c5c(ccc4n4c6cc7c8c(-c9c(-c%10ccccc%10)cccc9-c9ccccc9)ccc9c%10c%11c(ccc%10n(c7cc6c2c34)c98)sc2ccccc2%11)sc2ccccc25)C=C1. The molecule has 6 aromatic heterocycles. The molecule has 82 heavy (non-hydrogen) atoms. The topological polar surface area (TPSA) is 8.82 Å². The molecular weight excluding hydrogens is 1030 g/mol. The van der Waals surface area contributed by atoms with Gasteiger partial charge in [0.15, 0.2) is 0 Å². The van der Waals surface area contributed by atoms with Crippen molar-refractivity contribution in [1.82, 2.24) is 8.80 Å². The minimum atomic E-state index is 0.229. The monoisotopic (exact) mass is 1070 g/mol. The number of fused-ring (bicyclic) bond motifs is 20. The Balaban J connectivity index is 1.04. The summed E-state index contributed by atoms with van der Waals surface area (Å²) >= 11 is 3.81. The van der Waals surface area contributed by atoms with Gasteiger partial charge in [-0.25, -0.2) is 0 Å². The molecule has 1 atom stereocenters. The maximum Gasteiger partial charge on any atom is 0.0627 e. The highest BCUT2D eigenvalue weighted by Crippen LogP contribution is 2.55. The minimum Gasteiger partial charge on any atom is -0.308 e. The molecule has 0 radical (unpaired) electrons. The van der Waals surface area contributed by atoms with Crippen molar-refractivity contribution in [2.75, 3.05) is 0 Å². The number of hydrogen-bond donors (Lipinski definition) is 0. The minimum absolute atomic E-state index is 0.229. The molecule has 0 bridgehead atoms. The van der Waals surface area contributed by atoms with Gasteiger partial charge in [0.2, 0.25) is 0 Å².